The van der Waals surface area contributed by atoms with E-state index in [1.54, 1.807) is 6.07 Å². The van der Waals surface area contributed by atoms with Gasteiger partial charge in [0.25, 0.3) is 0 Å². The van der Waals surface area contributed by atoms with Crippen LogP contribution in [0.5, 0.6) is 0 Å². The summed E-state index contributed by atoms with van der Waals surface area (Å²) < 4.78 is 14.2. The summed E-state index contributed by atoms with van der Waals surface area (Å²) in [6.45, 7) is 4.12. The minimum absolute atomic E-state index is 0.126. The van der Waals surface area contributed by atoms with Crippen LogP contribution in [0.2, 0.25) is 0 Å². The second-order valence-electron chi connectivity index (χ2n) is 4.91. The van der Waals surface area contributed by atoms with Crippen molar-refractivity contribution in [2.24, 2.45) is 5.73 Å². The van der Waals surface area contributed by atoms with Crippen molar-refractivity contribution in [3.05, 3.63) is 68.9 Å². The maximum absolute atomic E-state index is 13.3. The summed E-state index contributed by atoms with van der Waals surface area (Å²) in [5.41, 5.74) is 10.7. The maximum atomic E-state index is 13.3. The van der Waals surface area contributed by atoms with Gasteiger partial charge in [0.2, 0.25) is 0 Å². The summed E-state index contributed by atoms with van der Waals surface area (Å²) in [7, 11) is 0. The van der Waals surface area contributed by atoms with Crippen LogP contribution in [0.25, 0.3) is 0 Å². The van der Waals surface area contributed by atoms with Crippen molar-refractivity contribution >= 4 is 15.9 Å². The monoisotopic (exact) mass is 321 g/mol. The summed E-state index contributed by atoms with van der Waals surface area (Å²) in [6.07, 6.45) is 0.613. The molecule has 0 amide bonds. The fourth-order valence-corrected chi connectivity index (χ4v) is 2.70. The van der Waals surface area contributed by atoms with Crippen molar-refractivity contribution in [2.75, 3.05) is 0 Å². The molecule has 100 valence electrons. The first-order chi connectivity index (χ1) is 8.97. The Morgan fingerprint density at radius 3 is 2.58 bits per heavy atom. The summed E-state index contributed by atoms with van der Waals surface area (Å²) in [5, 5.41) is 0. The van der Waals surface area contributed by atoms with Gasteiger partial charge in [0.05, 0.1) is 0 Å². The zero-order valence-electron chi connectivity index (χ0n) is 11.1. The van der Waals surface area contributed by atoms with Crippen molar-refractivity contribution in [3.63, 3.8) is 0 Å². The average Bonchev–Trinajstić information content (AvgIpc) is 2.33. The first-order valence-corrected chi connectivity index (χ1v) is 7.03. The minimum atomic E-state index is -0.231. The van der Waals surface area contributed by atoms with Crippen LogP contribution in [0.1, 0.15) is 28.3 Å². The van der Waals surface area contributed by atoms with Gasteiger partial charge in [-0.05, 0) is 55.2 Å². The molecule has 1 unspecified atom stereocenters. The van der Waals surface area contributed by atoms with Crippen LogP contribution in [-0.4, -0.2) is 0 Å². The van der Waals surface area contributed by atoms with E-state index in [2.05, 4.69) is 48.0 Å². The zero-order valence-corrected chi connectivity index (χ0v) is 12.7. The fourth-order valence-electron chi connectivity index (χ4n) is 2.29. The quantitative estimate of drug-likeness (QED) is 0.888. The molecule has 0 aliphatic carbocycles. The molecule has 0 aliphatic rings. The molecule has 0 bridgehead atoms. The highest BCUT2D eigenvalue weighted by Gasteiger charge is 2.12. The third kappa shape index (κ3) is 3.43. The highest BCUT2D eigenvalue weighted by atomic mass is 79.9. The number of hydrogen-bond acceptors (Lipinski definition) is 1. The molecule has 0 heterocycles. The molecular formula is C16H17BrFN. The Labute approximate surface area is 121 Å². The molecule has 1 atom stereocenters. The molecule has 0 aromatic heterocycles. The Bertz CT molecular complexity index is 595. The lowest BCUT2D eigenvalue weighted by molar-refractivity contribution is 0.621. The summed E-state index contributed by atoms with van der Waals surface area (Å²) in [6, 6.07) is 10.8. The van der Waals surface area contributed by atoms with Crippen molar-refractivity contribution in [2.45, 2.75) is 26.3 Å². The Balaban J connectivity index is 2.25. The summed E-state index contributed by atoms with van der Waals surface area (Å²) in [5.74, 6) is -0.231. The Morgan fingerprint density at radius 1 is 1.16 bits per heavy atom. The topological polar surface area (TPSA) is 26.0 Å². The standard InChI is InChI=1S/C16H17BrFN/c1-10-3-5-14(11(2)7-10)16(19)9-12-8-13(18)4-6-15(12)17/h3-8,16H,9,19H2,1-2H3. The molecule has 1 nitrogen and oxygen atoms in total. The Morgan fingerprint density at radius 2 is 1.89 bits per heavy atom. The summed E-state index contributed by atoms with van der Waals surface area (Å²) >= 11 is 3.44. The molecule has 2 N–H and O–H groups in total. The smallest absolute Gasteiger partial charge is 0.123 e. The molecule has 0 spiro atoms. The van der Waals surface area contributed by atoms with Crippen LogP contribution >= 0.6 is 15.9 Å². The number of nitrogens with two attached hydrogens (primary N) is 1. The lowest BCUT2D eigenvalue weighted by atomic mass is 9.95. The van der Waals surface area contributed by atoms with Gasteiger partial charge in [-0.2, -0.15) is 0 Å². The number of hydrogen-bond donors (Lipinski definition) is 1. The highest BCUT2D eigenvalue weighted by molar-refractivity contribution is 9.10. The first kappa shape index (κ1) is 14.2. The van der Waals surface area contributed by atoms with E-state index >= 15 is 0 Å². The average molecular weight is 322 g/mol. The molecular weight excluding hydrogens is 305 g/mol. The van der Waals surface area contributed by atoms with Crippen molar-refractivity contribution in [1.82, 2.24) is 0 Å². The second-order valence-corrected chi connectivity index (χ2v) is 5.76. The van der Waals surface area contributed by atoms with Gasteiger partial charge >= 0.3 is 0 Å². The van der Waals surface area contributed by atoms with Gasteiger partial charge in [-0.3, -0.25) is 0 Å². The summed E-state index contributed by atoms with van der Waals surface area (Å²) in [4.78, 5) is 0. The molecule has 0 saturated carbocycles. The van der Waals surface area contributed by atoms with E-state index in [9.17, 15) is 4.39 Å². The van der Waals surface area contributed by atoms with Gasteiger partial charge in [0, 0.05) is 10.5 Å². The SMILES string of the molecule is Cc1ccc(C(N)Cc2cc(F)ccc2Br)c(C)c1. The van der Waals surface area contributed by atoms with E-state index in [1.807, 2.05) is 0 Å². The molecule has 0 radical (unpaired) electrons. The molecule has 2 aromatic carbocycles. The van der Waals surface area contributed by atoms with Crippen LogP contribution in [-0.2, 0) is 6.42 Å². The lowest BCUT2D eigenvalue weighted by Gasteiger charge is -2.16. The van der Waals surface area contributed by atoms with Gasteiger partial charge in [-0.1, -0.05) is 39.7 Å². The van der Waals surface area contributed by atoms with E-state index in [0.29, 0.717) is 6.42 Å². The van der Waals surface area contributed by atoms with E-state index in [-0.39, 0.29) is 11.9 Å². The van der Waals surface area contributed by atoms with E-state index in [1.165, 1.54) is 23.3 Å². The highest BCUT2D eigenvalue weighted by Crippen LogP contribution is 2.25. The van der Waals surface area contributed by atoms with Crippen LogP contribution in [0, 0.1) is 19.7 Å². The Kier molecular flexibility index (Phi) is 4.38. The largest absolute Gasteiger partial charge is 0.324 e. The molecule has 2 aromatic rings. The fraction of sp³-hybridized carbons (Fsp3) is 0.250. The lowest BCUT2D eigenvalue weighted by Crippen LogP contribution is -2.15. The van der Waals surface area contributed by atoms with Gasteiger partial charge in [0.15, 0.2) is 0 Å². The molecule has 0 aliphatic heterocycles. The van der Waals surface area contributed by atoms with Crippen LogP contribution in [0.4, 0.5) is 4.39 Å². The van der Waals surface area contributed by atoms with E-state index < -0.39 is 0 Å². The molecule has 0 fully saturated rings. The third-order valence-corrected chi connectivity index (χ3v) is 4.05. The van der Waals surface area contributed by atoms with Gasteiger partial charge < -0.3 is 5.73 Å². The Hall–Kier alpha value is -1.19. The third-order valence-electron chi connectivity index (χ3n) is 3.27. The maximum Gasteiger partial charge on any atom is 0.123 e. The zero-order chi connectivity index (χ0) is 14.0. The van der Waals surface area contributed by atoms with Crippen LogP contribution < -0.4 is 5.73 Å². The van der Waals surface area contributed by atoms with Crippen LogP contribution in [0.3, 0.4) is 0 Å². The molecule has 19 heavy (non-hydrogen) atoms. The predicted molar refractivity (Wildman–Crippen MR) is 80.6 cm³/mol. The molecule has 3 heteroatoms. The molecule has 0 saturated heterocycles. The van der Waals surface area contributed by atoms with E-state index in [4.69, 9.17) is 5.73 Å². The second kappa shape index (κ2) is 5.85. The molecule has 2 rings (SSSR count). The predicted octanol–water partition coefficient (Wildman–Crippen LogP) is 4.45. The first-order valence-electron chi connectivity index (χ1n) is 6.24. The van der Waals surface area contributed by atoms with Crippen molar-refractivity contribution in [1.29, 1.82) is 0 Å². The van der Waals surface area contributed by atoms with Crippen molar-refractivity contribution in [3.8, 4) is 0 Å². The van der Waals surface area contributed by atoms with Crippen LogP contribution in [0.15, 0.2) is 40.9 Å². The number of rotatable bonds is 3. The van der Waals surface area contributed by atoms with Crippen molar-refractivity contribution < 1.29 is 4.39 Å². The minimum Gasteiger partial charge on any atom is -0.324 e. The number of aryl methyl sites for hydroxylation is 2. The van der Waals surface area contributed by atoms with Gasteiger partial charge in [-0.15, -0.1) is 0 Å². The number of benzene rings is 2. The van der Waals surface area contributed by atoms with Gasteiger partial charge in [0.1, 0.15) is 5.82 Å². The number of halogens is 2. The van der Waals surface area contributed by atoms with E-state index in [0.717, 1.165) is 15.6 Å². The normalized spacial score (nSPS) is 12.5. The van der Waals surface area contributed by atoms with Gasteiger partial charge in [-0.25, -0.2) is 4.39 Å².